The number of carbonyl (C=O) groups excluding carboxylic acids is 6. The Morgan fingerprint density at radius 3 is 0.717 bits per heavy atom. The summed E-state index contributed by atoms with van der Waals surface area (Å²) in [6, 6.07) is 0. The third-order valence-corrected chi connectivity index (χ3v) is 7.98. The maximum Gasteiger partial charge on any atom is 0.306 e. The van der Waals surface area contributed by atoms with E-state index in [1.165, 1.54) is 0 Å². The molecule has 6 unspecified atom stereocenters. The average molecular weight is 867 g/mol. The van der Waals surface area contributed by atoms with Gasteiger partial charge in [0.25, 0.3) is 0 Å². The van der Waals surface area contributed by atoms with Crippen LogP contribution in [0.2, 0.25) is 0 Å². The van der Waals surface area contributed by atoms with Crippen LogP contribution in [-0.4, -0.2) is 107 Å². The van der Waals surface area contributed by atoms with E-state index in [0.717, 1.165) is 0 Å². The minimum atomic E-state index is -0.847. The van der Waals surface area contributed by atoms with Crippen LogP contribution in [-0.2, 0) is 57.2 Å². The fourth-order valence-corrected chi connectivity index (χ4v) is 4.72. The third-order valence-electron chi connectivity index (χ3n) is 6.89. The summed E-state index contributed by atoms with van der Waals surface area (Å²) in [5.41, 5.74) is -1.65. The molecule has 0 fully saturated rings. The maximum absolute atomic E-state index is 11.9. The van der Waals surface area contributed by atoms with Crippen molar-refractivity contribution >= 4 is 112 Å². The van der Waals surface area contributed by atoms with Crippen LogP contribution in [0.25, 0.3) is 0 Å². The molecule has 0 aliphatic carbocycles. The zero-order chi connectivity index (χ0) is 41.4. The zero-order valence-corrected chi connectivity index (χ0v) is 37.6. The molecule has 310 valence electrons. The predicted molar refractivity (Wildman–Crippen MR) is 225 cm³/mol. The van der Waals surface area contributed by atoms with Crippen molar-refractivity contribution in [3.8, 4) is 0 Å². The van der Waals surface area contributed by atoms with Crippen LogP contribution >= 0.6 is 75.8 Å². The summed E-state index contributed by atoms with van der Waals surface area (Å²) in [6.45, 7) is 14.1. The number of esters is 6. The van der Waals surface area contributed by atoms with Crippen molar-refractivity contribution in [3.05, 3.63) is 0 Å². The lowest BCUT2D eigenvalue weighted by atomic mass is 9.88. The number of hydrogen-bond donors (Lipinski definition) is 6. The first-order valence-corrected chi connectivity index (χ1v) is 20.5. The van der Waals surface area contributed by atoms with Crippen molar-refractivity contribution in [2.45, 2.75) is 132 Å². The molecule has 0 amide bonds. The van der Waals surface area contributed by atoms with Crippen molar-refractivity contribution in [2.24, 2.45) is 10.8 Å². The molecular weight excluding hydrogens is 805 g/mol. The molecule has 0 aromatic carbocycles. The Labute approximate surface area is 349 Å². The molecule has 12 nitrogen and oxygen atoms in total. The smallest absolute Gasteiger partial charge is 0.306 e. The Morgan fingerprint density at radius 1 is 0.396 bits per heavy atom. The lowest BCUT2D eigenvalue weighted by molar-refractivity contribution is -0.164. The molecule has 0 rings (SSSR count). The van der Waals surface area contributed by atoms with Crippen LogP contribution in [0.15, 0.2) is 0 Å². The van der Waals surface area contributed by atoms with Gasteiger partial charge < -0.3 is 28.4 Å². The second-order valence-corrected chi connectivity index (χ2v) is 19.2. The number of ether oxygens (including phenoxy) is 6. The molecular formula is C35H62O12S6. The van der Waals surface area contributed by atoms with E-state index in [1.54, 1.807) is 48.5 Å². The standard InChI is InChI=1S/C18H32O6S3.C17H30O6S3/c1-5-18(9-22-15(19)6-12(2)25,10-23-16(20)7-13(3)26)11-24-17(21)8-14(4)27;1-11(24)5-14(18)21-8-17(4,9-22-15(19)6-12(2)25)10-23-16(20)7-13(3)26/h12-14,25-27H,5-11H2,1-4H3;11-13,24-26H,5-10H2,1-4H3. The zero-order valence-electron chi connectivity index (χ0n) is 32.2. The first-order chi connectivity index (χ1) is 24.4. The summed E-state index contributed by atoms with van der Waals surface area (Å²) in [5, 5.41) is -0.761. The maximum atomic E-state index is 11.9. The summed E-state index contributed by atoms with van der Waals surface area (Å²) in [6.07, 6.45) is 1.46. The van der Waals surface area contributed by atoms with Gasteiger partial charge in [-0.2, -0.15) is 75.8 Å². The lowest BCUT2D eigenvalue weighted by Gasteiger charge is -2.31. The van der Waals surface area contributed by atoms with Gasteiger partial charge in [-0.15, -0.1) is 0 Å². The van der Waals surface area contributed by atoms with E-state index in [1.807, 2.05) is 6.92 Å². The van der Waals surface area contributed by atoms with Crippen molar-refractivity contribution in [2.75, 3.05) is 39.6 Å². The van der Waals surface area contributed by atoms with Gasteiger partial charge in [0.2, 0.25) is 0 Å². The van der Waals surface area contributed by atoms with Gasteiger partial charge in [-0.05, 0) is 13.3 Å². The van der Waals surface area contributed by atoms with E-state index < -0.39 is 46.6 Å². The van der Waals surface area contributed by atoms with E-state index in [0.29, 0.717) is 6.42 Å². The molecule has 0 bridgehead atoms. The summed E-state index contributed by atoms with van der Waals surface area (Å²) in [7, 11) is 0. The number of hydrogen-bond acceptors (Lipinski definition) is 18. The molecule has 53 heavy (non-hydrogen) atoms. The first kappa shape index (κ1) is 54.0. The van der Waals surface area contributed by atoms with Gasteiger partial charge in [0, 0.05) is 31.5 Å². The van der Waals surface area contributed by atoms with Gasteiger partial charge in [0.15, 0.2) is 0 Å². The van der Waals surface area contributed by atoms with E-state index in [4.69, 9.17) is 28.4 Å². The van der Waals surface area contributed by atoms with Crippen LogP contribution in [0.3, 0.4) is 0 Å². The highest BCUT2D eigenvalue weighted by Crippen LogP contribution is 2.26. The van der Waals surface area contributed by atoms with Crippen LogP contribution in [0.5, 0.6) is 0 Å². The SMILES string of the molecule is CC(S)CC(=O)OCC(C)(COC(=O)CC(C)S)COC(=O)CC(C)S.CCC(COC(=O)CC(C)S)(COC(=O)CC(C)S)COC(=O)CC(C)S. The minimum Gasteiger partial charge on any atom is -0.465 e. The number of rotatable bonds is 25. The molecule has 0 aliphatic heterocycles. The summed E-state index contributed by atoms with van der Waals surface area (Å²) in [5.74, 6) is -2.44. The van der Waals surface area contributed by atoms with Crippen molar-refractivity contribution in [1.82, 2.24) is 0 Å². The fourth-order valence-electron chi connectivity index (χ4n) is 3.82. The van der Waals surface area contributed by atoms with Gasteiger partial charge >= 0.3 is 35.8 Å². The molecule has 0 saturated heterocycles. The van der Waals surface area contributed by atoms with Gasteiger partial charge in [-0.25, -0.2) is 0 Å². The largest absolute Gasteiger partial charge is 0.465 e. The molecule has 0 spiro atoms. The summed E-state index contributed by atoms with van der Waals surface area (Å²) in [4.78, 5) is 70.9. The summed E-state index contributed by atoms with van der Waals surface area (Å²) >= 11 is 25.0. The van der Waals surface area contributed by atoms with Crippen LogP contribution < -0.4 is 0 Å². The monoisotopic (exact) mass is 866 g/mol. The molecule has 0 aromatic rings. The Balaban J connectivity index is 0. The fraction of sp³-hybridized carbons (Fsp3) is 0.829. The summed E-state index contributed by atoms with van der Waals surface area (Å²) < 4.78 is 31.7. The molecule has 0 heterocycles. The third kappa shape index (κ3) is 31.8. The lowest BCUT2D eigenvalue weighted by Crippen LogP contribution is -2.39. The number of thiol groups is 6. The Hall–Kier alpha value is -1.08. The Morgan fingerprint density at radius 2 is 0.566 bits per heavy atom. The Bertz CT molecular complexity index is 986. The van der Waals surface area contributed by atoms with Crippen molar-refractivity contribution in [3.63, 3.8) is 0 Å². The average Bonchev–Trinajstić information content (AvgIpc) is 3.00. The van der Waals surface area contributed by atoms with E-state index in [-0.39, 0.29) is 110 Å². The van der Waals surface area contributed by atoms with Crippen molar-refractivity contribution < 1.29 is 57.2 Å². The second-order valence-electron chi connectivity index (χ2n) is 13.9. The van der Waals surface area contributed by atoms with E-state index in [9.17, 15) is 28.8 Å². The van der Waals surface area contributed by atoms with E-state index in [2.05, 4.69) is 75.8 Å². The molecule has 0 N–H and O–H groups in total. The quantitative estimate of drug-likeness (QED) is 0.0369. The molecule has 0 aliphatic rings. The second kappa shape index (κ2) is 29.2. The predicted octanol–water partition coefficient (Wildman–Crippen LogP) is 5.89. The van der Waals surface area contributed by atoms with Gasteiger partial charge in [-0.1, -0.05) is 48.5 Å². The van der Waals surface area contributed by atoms with E-state index >= 15 is 0 Å². The van der Waals surface area contributed by atoms with Crippen molar-refractivity contribution in [1.29, 1.82) is 0 Å². The van der Waals surface area contributed by atoms with Crippen LogP contribution in [0, 0.1) is 10.8 Å². The minimum absolute atomic E-state index is 0.0176. The number of carbonyl (C=O) groups is 6. The molecule has 18 heteroatoms. The van der Waals surface area contributed by atoms with Gasteiger partial charge in [-0.3, -0.25) is 28.8 Å². The highest BCUT2D eigenvalue weighted by molar-refractivity contribution is 7.81. The molecule has 0 saturated carbocycles. The van der Waals surface area contributed by atoms with Crippen LogP contribution in [0.4, 0.5) is 0 Å². The Kier molecular flexibility index (Phi) is 29.8. The topological polar surface area (TPSA) is 158 Å². The van der Waals surface area contributed by atoms with Gasteiger partial charge in [0.1, 0.15) is 39.6 Å². The van der Waals surface area contributed by atoms with Crippen LogP contribution in [0.1, 0.15) is 100 Å². The van der Waals surface area contributed by atoms with Gasteiger partial charge in [0.05, 0.1) is 49.4 Å². The molecule has 6 atom stereocenters. The molecule has 0 radical (unpaired) electrons. The normalized spacial score (nSPS) is 16.6. The molecule has 0 aromatic heterocycles. The highest BCUT2D eigenvalue weighted by Gasteiger charge is 2.35. The highest BCUT2D eigenvalue weighted by atomic mass is 32.1. The first-order valence-electron chi connectivity index (χ1n) is 17.4.